The minimum Gasteiger partial charge on any atom is -0.465 e. The zero-order chi connectivity index (χ0) is 17.3. The summed E-state index contributed by atoms with van der Waals surface area (Å²) in [6.07, 6.45) is 5.77. The van der Waals surface area contributed by atoms with E-state index in [-0.39, 0.29) is 34.6 Å². The van der Waals surface area contributed by atoms with Crippen LogP contribution in [-0.4, -0.2) is 35.0 Å². The first-order chi connectivity index (χ1) is 11.3. The number of esters is 1. The lowest BCUT2D eigenvalue weighted by Gasteiger charge is -2.55. The molecule has 0 aromatic heterocycles. The van der Waals surface area contributed by atoms with Crippen LogP contribution >= 0.6 is 0 Å². The number of hydrogen-bond donors (Lipinski definition) is 2. The average molecular weight is 334 g/mol. The van der Waals surface area contributed by atoms with E-state index < -0.39 is 17.6 Å². The van der Waals surface area contributed by atoms with Crippen LogP contribution < -0.4 is 0 Å². The minimum absolute atomic E-state index is 0.0207. The number of cyclic esters (lactones) is 1. The molecule has 1 heterocycles. The number of hydrogen-bond acceptors (Lipinski definition) is 4. The van der Waals surface area contributed by atoms with Gasteiger partial charge in [-0.15, -0.1) is 6.58 Å². The molecule has 2 bridgehead atoms. The van der Waals surface area contributed by atoms with E-state index in [1.54, 1.807) is 0 Å². The monoisotopic (exact) mass is 334 g/mol. The molecule has 0 unspecified atom stereocenters. The number of aliphatic hydroxyl groups is 2. The lowest BCUT2D eigenvalue weighted by Crippen LogP contribution is -2.60. The SMILES string of the molecule is C=CC[C@@H]1C[C@@H](O)[C@H]2[C@]34CCCC(C)(C)[C@H]3[C@H](O)[C@@]2(C1)C(=O)OC4. The van der Waals surface area contributed by atoms with Crippen LogP contribution in [0.25, 0.3) is 0 Å². The maximum absolute atomic E-state index is 12.9. The average Bonchev–Trinajstić information content (AvgIpc) is 2.68. The molecule has 24 heavy (non-hydrogen) atoms. The first-order valence-electron chi connectivity index (χ1n) is 9.44. The van der Waals surface area contributed by atoms with Gasteiger partial charge in [0.05, 0.1) is 18.8 Å². The van der Waals surface area contributed by atoms with E-state index in [2.05, 4.69) is 20.4 Å². The zero-order valence-electron chi connectivity index (χ0n) is 14.8. The second-order valence-corrected chi connectivity index (χ2v) is 9.49. The minimum atomic E-state index is -0.921. The number of aliphatic hydroxyl groups excluding tert-OH is 2. The van der Waals surface area contributed by atoms with Crippen molar-refractivity contribution in [2.45, 2.75) is 64.6 Å². The van der Waals surface area contributed by atoms with Crippen molar-refractivity contribution in [3.05, 3.63) is 12.7 Å². The third-order valence-corrected chi connectivity index (χ3v) is 7.88. The fraction of sp³-hybridized carbons (Fsp3) is 0.850. The van der Waals surface area contributed by atoms with Gasteiger partial charge in [-0.1, -0.05) is 26.3 Å². The summed E-state index contributed by atoms with van der Waals surface area (Å²) in [6.45, 7) is 8.61. The van der Waals surface area contributed by atoms with Crippen molar-refractivity contribution in [3.8, 4) is 0 Å². The van der Waals surface area contributed by atoms with Crippen molar-refractivity contribution in [1.29, 1.82) is 0 Å². The van der Waals surface area contributed by atoms with Crippen LogP contribution in [0.4, 0.5) is 0 Å². The third kappa shape index (κ3) is 1.79. The van der Waals surface area contributed by atoms with E-state index in [4.69, 9.17) is 4.74 Å². The van der Waals surface area contributed by atoms with Crippen LogP contribution in [0.5, 0.6) is 0 Å². The summed E-state index contributed by atoms with van der Waals surface area (Å²) in [5.74, 6) is -0.225. The van der Waals surface area contributed by atoms with E-state index in [0.717, 1.165) is 25.7 Å². The number of rotatable bonds is 2. The largest absolute Gasteiger partial charge is 0.465 e. The van der Waals surface area contributed by atoms with E-state index in [1.807, 2.05) is 6.08 Å². The normalized spacial score (nSPS) is 52.2. The predicted molar refractivity (Wildman–Crippen MR) is 90.0 cm³/mol. The Morgan fingerprint density at radius 2 is 2.04 bits per heavy atom. The Morgan fingerprint density at radius 1 is 1.29 bits per heavy atom. The van der Waals surface area contributed by atoms with Gasteiger partial charge in [0.2, 0.25) is 0 Å². The molecule has 0 radical (unpaired) electrons. The molecule has 4 nitrogen and oxygen atoms in total. The topological polar surface area (TPSA) is 66.8 Å². The Labute approximate surface area is 144 Å². The Hall–Kier alpha value is -0.870. The molecule has 4 aliphatic rings. The van der Waals surface area contributed by atoms with Gasteiger partial charge >= 0.3 is 5.97 Å². The maximum atomic E-state index is 12.9. The fourth-order valence-corrected chi connectivity index (χ4v) is 7.39. The zero-order valence-corrected chi connectivity index (χ0v) is 14.8. The van der Waals surface area contributed by atoms with Crippen molar-refractivity contribution in [3.63, 3.8) is 0 Å². The van der Waals surface area contributed by atoms with Gasteiger partial charge in [-0.2, -0.15) is 0 Å². The fourth-order valence-electron chi connectivity index (χ4n) is 7.39. The molecule has 4 heteroatoms. The van der Waals surface area contributed by atoms with Crippen molar-refractivity contribution >= 4 is 5.97 Å². The van der Waals surface area contributed by atoms with Crippen molar-refractivity contribution in [1.82, 2.24) is 0 Å². The van der Waals surface area contributed by atoms with Crippen molar-refractivity contribution in [2.24, 2.45) is 34.0 Å². The number of ether oxygens (including phenoxy) is 1. The Morgan fingerprint density at radius 3 is 2.75 bits per heavy atom. The molecular weight excluding hydrogens is 304 g/mol. The summed E-state index contributed by atoms with van der Waals surface area (Å²) < 4.78 is 5.69. The van der Waals surface area contributed by atoms with E-state index in [1.165, 1.54) is 0 Å². The Balaban J connectivity index is 1.87. The van der Waals surface area contributed by atoms with Gasteiger partial charge in [0.25, 0.3) is 0 Å². The molecule has 4 rings (SSSR count). The number of allylic oxidation sites excluding steroid dienone is 1. The molecular formula is C20H30O4. The van der Waals surface area contributed by atoms with Gasteiger partial charge in [0.1, 0.15) is 5.41 Å². The van der Waals surface area contributed by atoms with E-state index >= 15 is 0 Å². The first-order valence-corrected chi connectivity index (χ1v) is 9.44. The Bertz CT molecular complexity index is 570. The Kier molecular flexibility index (Phi) is 3.51. The number of carbonyl (C=O) groups excluding carboxylic acids is 1. The quantitative estimate of drug-likeness (QED) is 0.602. The van der Waals surface area contributed by atoms with E-state index in [0.29, 0.717) is 19.4 Å². The van der Waals surface area contributed by atoms with Crippen molar-refractivity contribution < 1.29 is 19.7 Å². The number of carbonyl (C=O) groups is 1. The van der Waals surface area contributed by atoms with E-state index in [9.17, 15) is 15.0 Å². The van der Waals surface area contributed by atoms with Crippen LogP contribution in [0, 0.1) is 34.0 Å². The summed E-state index contributed by atoms with van der Waals surface area (Å²) >= 11 is 0. The second kappa shape index (κ2) is 5.07. The van der Waals surface area contributed by atoms with Gasteiger partial charge < -0.3 is 14.9 Å². The standard InChI is InChI=1S/C20H30O4/c1-4-6-12-9-13(21)14-19-8-5-7-18(2,3)15(19)16(22)20(14,10-12)17(23)24-11-19/h4,12-16,21-22H,1,5-11H2,2-3H3/t12-,13-,14+,15-,16+,19-,20+/m1/s1. The molecule has 1 aliphatic heterocycles. The van der Waals surface area contributed by atoms with Crippen LogP contribution in [0.1, 0.15) is 52.4 Å². The highest BCUT2D eigenvalue weighted by atomic mass is 16.5. The summed E-state index contributed by atoms with van der Waals surface area (Å²) in [4.78, 5) is 12.9. The molecule has 0 amide bonds. The van der Waals surface area contributed by atoms with Crippen molar-refractivity contribution in [2.75, 3.05) is 6.61 Å². The molecule has 1 saturated heterocycles. The molecule has 3 saturated carbocycles. The second-order valence-electron chi connectivity index (χ2n) is 9.49. The highest BCUT2D eigenvalue weighted by molar-refractivity contribution is 5.81. The lowest BCUT2D eigenvalue weighted by atomic mass is 9.51. The molecule has 134 valence electrons. The smallest absolute Gasteiger partial charge is 0.315 e. The highest BCUT2D eigenvalue weighted by Gasteiger charge is 2.78. The van der Waals surface area contributed by atoms with Gasteiger partial charge in [0, 0.05) is 17.3 Å². The lowest BCUT2D eigenvalue weighted by molar-refractivity contribution is -0.206. The molecule has 3 aliphatic carbocycles. The molecule has 7 atom stereocenters. The van der Waals surface area contributed by atoms with Gasteiger partial charge in [-0.25, -0.2) is 0 Å². The van der Waals surface area contributed by atoms with Gasteiger partial charge in [-0.3, -0.25) is 4.79 Å². The van der Waals surface area contributed by atoms with Gasteiger partial charge in [-0.05, 0) is 43.4 Å². The summed E-state index contributed by atoms with van der Waals surface area (Å²) in [5.41, 5.74) is -1.22. The van der Waals surface area contributed by atoms with Crippen LogP contribution in [0.2, 0.25) is 0 Å². The van der Waals surface area contributed by atoms with Gasteiger partial charge in [0.15, 0.2) is 0 Å². The molecule has 2 N–H and O–H groups in total. The first kappa shape index (κ1) is 16.6. The predicted octanol–water partition coefficient (Wildman–Crippen LogP) is 2.68. The highest BCUT2D eigenvalue weighted by Crippen LogP contribution is 2.73. The summed E-state index contributed by atoms with van der Waals surface area (Å²) in [6, 6.07) is 0. The third-order valence-electron chi connectivity index (χ3n) is 7.88. The molecule has 0 aromatic rings. The summed E-state index contributed by atoms with van der Waals surface area (Å²) in [7, 11) is 0. The molecule has 1 spiro atoms. The van der Waals surface area contributed by atoms with Crippen LogP contribution in [0.3, 0.4) is 0 Å². The maximum Gasteiger partial charge on any atom is 0.315 e. The molecule has 0 aromatic carbocycles. The molecule has 4 fully saturated rings. The van der Waals surface area contributed by atoms with Crippen LogP contribution in [-0.2, 0) is 9.53 Å². The summed E-state index contributed by atoms with van der Waals surface area (Å²) in [5, 5.41) is 22.5. The van der Waals surface area contributed by atoms with Crippen LogP contribution in [0.15, 0.2) is 12.7 Å².